The summed E-state index contributed by atoms with van der Waals surface area (Å²) in [6, 6.07) is 0.151. The lowest BCUT2D eigenvalue weighted by Gasteiger charge is -2.23. The highest BCUT2D eigenvalue weighted by Crippen LogP contribution is 2.40. The van der Waals surface area contributed by atoms with Crippen molar-refractivity contribution >= 4 is 34.5 Å². The molecule has 2 atom stereocenters. The van der Waals surface area contributed by atoms with E-state index >= 15 is 4.39 Å². The smallest absolute Gasteiger partial charge is 0.246 e. The Labute approximate surface area is 184 Å². The summed E-state index contributed by atoms with van der Waals surface area (Å²) in [7, 11) is 1.84. The molecular formula is C21H26FN9O. The summed E-state index contributed by atoms with van der Waals surface area (Å²) in [4.78, 5) is 29.4. The Bertz CT molecular complexity index is 1200. The first-order valence-corrected chi connectivity index (χ1v) is 10.6. The average molecular weight is 439 g/mol. The van der Waals surface area contributed by atoms with Crippen molar-refractivity contribution in [2.24, 2.45) is 13.0 Å². The van der Waals surface area contributed by atoms with Gasteiger partial charge in [-0.25, -0.2) is 9.37 Å². The van der Waals surface area contributed by atoms with Gasteiger partial charge >= 0.3 is 0 Å². The lowest BCUT2D eigenvalue weighted by molar-refractivity contribution is -0.125. The molecule has 0 spiro atoms. The zero-order valence-corrected chi connectivity index (χ0v) is 18.4. The number of alkyl halides is 1. The van der Waals surface area contributed by atoms with Crippen molar-refractivity contribution in [1.82, 2.24) is 34.2 Å². The number of aryl methyl sites for hydroxylation is 1. The van der Waals surface area contributed by atoms with E-state index in [0.717, 1.165) is 5.69 Å². The van der Waals surface area contributed by atoms with Gasteiger partial charge in [0.1, 0.15) is 0 Å². The van der Waals surface area contributed by atoms with Crippen molar-refractivity contribution in [2.75, 3.05) is 36.4 Å². The maximum atomic E-state index is 15.7. The molecule has 10 nitrogen and oxygen atoms in total. The van der Waals surface area contributed by atoms with Crippen molar-refractivity contribution in [3.63, 3.8) is 0 Å². The molecule has 168 valence electrons. The Hall–Kier alpha value is -3.50. The number of amides is 1. The number of nitrogens with one attached hydrogen (secondary N) is 1. The van der Waals surface area contributed by atoms with Crippen LogP contribution in [-0.2, 0) is 11.8 Å². The number of carbonyl (C=O) groups excluding carboxylic acids is 1. The fraction of sp³-hybridized carbons (Fsp3) is 0.476. The van der Waals surface area contributed by atoms with E-state index in [9.17, 15) is 4.79 Å². The van der Waals surface area contributed by atoms with E-state index in [-0.39, 0.29) is 31.0 Å². The number of aromatic nitrogens is 6. The van der Waals surface area contributed by atoms with Crippen LogP contribution in [0.15, 0.2) is 31.4 Å². The number of anilines is 3. The van der Waals surface area contributed by atoms with Crippen LogP contribution >= 0.6 is 0 Å². The van der Waals surface area contributed by atoms with Crippen LogP contribution in [0, 0.1) is 5.92 Å². The van der Waals surface area contributed by atoms with Crippen molar-refractivity contribution in [2.45, 2.75) is 25.6 Å². The monoisotopic (exact) mass is 439 g/mol. The molecule has 0 bridgehead atoms. The molecular weight excluding hydrogens is 413 g/mol. The Morgan fingerprint density at radius 3 is 2.81 bits per heavy atom. The Morgan fingerprint density at radius 1 is 1.34 bits per heavy atom. The molecule has 5 rings (SSSR count). The van der Waals surface area contributed by atoms with Gasteiger partial charge in [0.05, 0.1) is 31.3 Å². The first-order valence-electron chi connectivity index (χ1n) is 10.6. The molecule has 0 unspecified atom stereocenters. The minimum Gasteiger partial charge on any atom is -0.337 e. The third-order valence-corrected chi connectivity index (χ3v) is 6.22. The van der Waals surface area contributed by atoms with Crippen LogP contribution in [-0.4, -0.2) is 72.0 Å². The highest BCUT2D eigenvalue weighted by molar-refractivity contribution is 5.88. The van der Waals surface area contributed by atoms with Gasteiger partial charge in [-0.15, -0.1) is 0 Å². The predicted molar refractivity (Wildman–Crippen MR) is 119 cm³/mol. The number of nitrogens with zero attached hydrogens (tertiary/aromatic N) is 8. The quantitative estimate of drug-likeness (QED) is 0.608. The molecule has 1 amide bonds. The summed E-state index contributed by atoms with van der Waals surface area (Å²) in [6.45, 7) is 8.61. The number of likely N-dealkylation sites (tertiary alicyclic amines) is 1. The minimum absolute atomic E-state index is 0.0615. The number of fused-ring (bicyclic) bond motifs is 2. The number of halogens is 1. The third kappa shape index (κ3) is 3.28. The average Bonchev–Trinajstić information content (AvgIpc) is 3.48. The zero-order valence-electron chi connectivity index (χ0n) is 18.4. The molecule has 1 N–H and O–H groups in total. The first-order chi connectivity index (χ1) is 15.3. The van der Waals surface area contributed by atoms with Crippen LogP contribution in [0.2, 0.25) is 0 Å². The zero-order chi connectivity index (χ0) is 22.6. The summed E-state index contributed by atoms with van der Waals surface area (Å²) < 4.78 is 19.4. The molecule has 2 fully saturated rings. The van der Waals surface area contributed by atoms with Gasteiger partial charge in [0, 0.05) is 38.3 Å². The second kappa shape index (κ2) is 7.28. The van der Waals surface area contributed by atoms with Crippen LogP contribution in [0.4, 0.5) is 21.8 Å². The Kier molecular flexibility index (Phi) is 4.64. The molecule has 2 aliphatic rings. The molecule has 2 aliphatic heterocycles. The van der Waals surface area contributed by atoms with E-state index in [1.165, 1.54) is 11.0 Å². The third-order valence-electron chi connectivity index (χ3n) is 6.22. The fourth-order valence-corrected chi connectivity index (χ4v) is 4.57. The number of rotatable bonds is 5. The molecule has 0 radical (unpaired) electrons. The molecule has 5 heterocycles. The summed E-state index contributed by atoms with van der Waals surface area (Å²) in [5.41, 5.74) is 0.608. The van der Waals surface area contributed by atoms with Crippen molar-refractivity contribution in [3.8, 4) is 0 Å². The van der Waals surface area contributed by atoms with E-state index < -0.39 is 5.67 Å². The van der Waals surface area contributed by atoms with Crippen molar-refractivity contribution in [3.05, 3.63) is 31.4 Å². The lowest BCUT2D eigenvalue weighted by Crippen LogP contribution is -2.38. The van der Waals surface area contributed by atoms with Gasteiger partial charge in [-0.05, 0) is 19.9 Å². The number of hydrogen-bond donors (Lipinski definition) is 1. The fourth-order valence-electron chi connectivity index (χ4n) is 4.57. The lowest BCUT2D eigenvalue weighted by atomic mass is 9.97. The largest absolute Gasteiger partial charge is 0.337 e. The normalized spacial score (nSPS) is 22.7. The number of imidazole rings is 1. The summed E-state index contributed by atoms with van der Waals surface area (Å²) in [5, 5.41) is 7.47. The molecule has 0 aromatic carbocycles. The van der Waals surface area contributed by atoms with Crippen molar-refractivity contribution in [1.29, 1.82) is 0 Å². The first kappa shape index (κ1) is 20.4. The van der Waals surface area contributed by atoms with E-state index in [2.05, 4.69) is 35.8 Å². The Morgan fingerprint density at radius 2 is 2.16 bits per heavy atom. The SMILES string of the molecule is C=CC(=O)N1C[C@@H]2CN(c3nc(Nc4cnn(C)c4)c4ncn(C(C)C)c4n3)C[C@]2(F)C1. The maximum absolute atomic E-state index is 15.7. The Balaban J connectivity index is 1.50. The van der Waals surface area contributed by atoms with Gasteiger partial charge in [0.15, 0.2) is 22.7 Å². The van der Waals surface area contributed by atoms with Gasteiger partial charge in [-0.3, -0.25) is 9.48 Å². The van der Waals surface area contributed by atoms with E-state index in [4.69, 9.17) is 9.97 Å². The highest BCUT2D eigenvalue weighted by atomic mass is 19.1. The second-order valence-corrected chi connectivity index (χ2v) is 8.85. The van der Waals surface area contributed by atoms with E-state index in [1.807, 2.05) is 22.7 Å². The molecule has 0 saturated carbocycles. The summed E-state index contributed by atoms with van der Waals surface area (Å²) in [5.74, 6) is 0.463. The van der Waals surface area contributed by atoms with Crippen LogP contribution in [0.1, 0.15) is 19.9 Å². The molecule has 11 heteroatoms. The van der Waals surface area contributed by atoms with Crippen LogP contribution in [0.5, 0.6) is 0 Å². The van der Waals surface area contributed by atoms with Gasteiger partial charge in [0.25, 0.3) is 0 Å². The second-order valence-electron chi connectivity index (χ2n) is 8.85. The molecule has 2 saturated heterocycles. The number of hydrogen-bond acceptors (Lipinski definition) is 7. The highest BCUT2D eigenvalue weighted by Gasteiger charge is 2.54. The van der Waals surface area contributed by atoms with Gasteiger partial charge in [-0.2, -0.15) is 15.1 Å². The van der Waals surface area contributed by atoms with Crippen molar-refractivity contribution < 1.29 is 9.18 Å². The topological polar surface area (TPSA) is 97.0 Å². The standard InChI is InChI=1S/C21H26FN9O/c1-5-16(32)29-7-14-8-30(11-21(14,22)10-29)20-26-18(25-15-6-24-28(4)9-15)17-19(27-20)31(12-23-17)13(2)3/h5-6,9,12-14H,1,7-8,10-11H2,2-4H3,(H,25,26,27)/t14-,21-/m1/s1. The maximum Gasteiger partial charge on any atom is 0.246 e. The molecule has 32 heavy (non-hydrogen) atoms. The number of carbonyl (C=O) groups is 1. The van der Waals surface area contributed by atoms with Gasteiger partial charge in [-0.1, -0.05) is 6.58 Å². The molecule has 3 aromatic heterocycles. The molecule has 0 aliphatic carbocycles. The van der Waals surface area contributed by atoms with Crippen LogP contribution in [0.3, 0.4) is 0 Å². The summed E-state index contributed by atoms with van der Waals surface area (Å²) >= 11 is 0. The van der Waals surface area contributed by atoms with Gasteiger partial charge in [0.2, 0.25) is 11.9 Å². The van der Waals surface area contributed by atoms with Crippen LogP contribution < -0.4 is 10.2 Å². The van der Waals surface area contributed by atoms with Crippen LogP contribution in [0.25, 0.3) is 11.2 Å². The predicted octanol–water partition coefficient (Wildman–Crippen LogP) is 2.06. The molecule has 3 aromatic rings. The van der Waals surface area contributed by atoms with Gasteiger partial charge < -0.3 is 19.7 Å². The minimum atomic E-state index is -1.49. The van der Waals surface area contributed by atoms with E-state index in [0.29, 0.717) is 36.0 Å². The summed E-state index contributed by atoms with van der Waals surface area (Å²) in [6.07, 6.45) is 6.53. The van der Waals surface area contributed by atoms with E-state index in [1.54, 1.807) is 17.2 Å².